The molecule has 0 aliphatic carbocycles. The Bertz CT molecular complexity index is 954. The first-order chi connectivity index (χ1) is 14.2. The van der Waals surface area contributed by atoms with Crippen LogP contribution in [0.25, 0.3) is 0 Å². The van der Waals surface area contributed by atoms with Crippen LogP contribution in [0.3, 0.4) is 0 Å². The van der Waals surface area contributed by atoms with Gasteiger partial charge in [0.25, 0.3) is 0 Å². The molecule has 0 radical (unpaired) electrons. The van der Waals surface area contributed by atoms with Crippen molar-refractivity contribution in [1.29, 1.82) is 0 Å². The van der Waals surface area contributed by atoms with Crippen molar-refractivity contribution < 1.29 is 32.2 Å². The zero-order chi connectivity index (χ0) is 21.9. The number of ether oxygens (including phenoxy) is 2. The van der Waals surface area contributed by atoms with Gasteiger partial charge in [-0.1, -0.05) is 29.4 Å². The summed E-state index contributed by atoms with van der Waals surface area (Å²) >= 11 is 6.85. The summed E-state index contributed by atoms with van der Waals surface area (Å²) in [6.45, 7) is 0.342. The van der Waals surface area contributed by atoms with E-state index in [1.165, 1.54) is 7.05 Å². The minimum Gasteiger partial charge on any atom is -0.493 e. The Morgan fingerprint density at radius 2 is 2.10 bits per heavy atom. The molecule has 2 atom stereocenters. The summed E-state index contributed by atoms with van der Waals surface area (Å²) < 4.78 is 49.7. The third kappa shape index (κ3) is 4.84. The molecule has 0 spiro atoms. The zero-order valence-electron chi connectivity index (χ0n) is 15.7. The molecule has 1 amide bonds. The van der Waals surface area contributed by atoms with E-state index in [4.69, 9.17) is 21.1 Å². The monoisotopic (exact) mass is 459 g/mol. The molecule has 0 fully saturated rings. The molecule has 10 heteroatoms. The minimum atomic E-state index is -4.50. The average Bonchev–Trinajstić information content (AvgIpc) is 2.71. The van der Waals surface area contributed by atoms with Gasteiger partial charge in [0.05, 0.1) is 22.4 Å². The molecule has 0 bridgehead atoms. The van der Waals surface area contributed by atoms with E-state index in [-0.39, 0.29) is 22.6 Å². The molecule has 1 N–H and O–H groups in total. The van der Waals surface area contributed by atoms with Gasteiger partial charge in [-0.05, 0) is 36.2 Å². The van der Waals surface area contributed by atoms with E-state index in [1.807, 2.05) is 0 Å². The first-order valence-corrected chi connectivity index (χ1v) is 10.2. The Kier molecular flexibility index (Phi) is 6.82. The normalized spacial score (nSPS) is 16.8. The highest BCUT2D eigenvalue weighted by molar-refractivity contribution is 8.13. The number of alkyl halides is 3. The fraction of sp³-hybridized carbons (Fsp3) is 0.300. The molecule has 3 rings (SSSR count). The van der Waals surface area contributed by atoms with Gasteiger partial charge in [-0.25, -0.2) is 0 Å². The van der Waals surface area contributed by atoms with Crippen molar-refractivity contribution in [2.45, 2.75) is 23.8 Å². The molecule has 1 heterocycles. The maximum atomic E-state index is 12.8. The van der Waals surface area contributed by atoms with Crippen LogP contribution >= 0.6 is 23.4 Å². The third-order valence-corrected chi connectivity index (χ3v) is 5.87. The number of halogens is 4. The van der Waals surface area contributed by atoms with E-state index in [9.17, 15) is 22.8 Å². The lowest BCUT2D eigenvalue weighted by Gasteiger charge is -2.30. The molecule has 0 saturated carbocycles. The zero-order valence-corrected chi connectivity index (χ0v) is 17.2. The Balaban J connectivity index is 1.86. The summed E-state index contributed by atoms with van der Waals surface area (Å²) in [6, 6.07) is 7.75. The van der Waals surface area contributed by atoms with Crippen molar-refractivity contribution in [2.75, 3.05) is 13.7 Å². The van der Waals surface area contributed by atoms with Crippen LogP contribution in [-0.4, -0.2) is 30.4 Å². The van der Waals surface area contributed by atoms with Crippen LogP contribution in [0, 0.1) is 0 Å². The number of carbonyl (C=O) groups excluding carboxylic acids is 2. The van der Waals surface area contributed by atoms with Crippen LogP contribution in [0.1, 0.15) is 23.5 Å². The lowest BCUT2D eigenvalue weighted by molar-refractivity contribution is -0.137. The van der Waals surface area contributed by atoms with Gasteiger partial charge in [-0.2, -0.15) is 13.2 Å². The van der Waals surface area contributed by atoms with Crippen molar-refractivity contribution in [2.24, 2.45) is 0 Å². The predicted molar refractivity (Wildman–Crippen MR) is 108 cm³/mol. The topological polar surface area (TPSA) is 64.6 Å². The largest absolute Gasteiger partial charge is 0.493 e. The van der Waals surface area contributed by atoms with Crippen LogP contribution in [0.5, 0.6) is 17.2 Å². The van der Waals surface area contributed by atoms with Gasteiger partial charge in [0.1, 0.15) is 17.2 Å². The lowest BCUT2D eigenvalue weighted by Crippen LogP contribution is -2.36. The second-order valence-corrected chi connectivity index (χ2v) is 7.84. The Labute approximate surface area is 179 Å². The van der Waals surface area contributed by atoms with Gasteiger partial charge in [-0.15, -0.1) is 0 Å². The molecule has 5 nitrogen and oxygen atoms in total. The van der Waals surface area contributed by atoms with Crippen LogP contribution in [0.15, 0.2) is 36.4 Å². The highest BCUT2D eigenvalue weighted by atomic mass is 35.5. The van der Waals surface area contributed by atoms with Crippen LogP contribution < -0.4 is 14.8 Å². The molecule has 2 aromatic carbocycles. The number of benzene rings is 2. The molecule has 160 valence electrons. The summed E-state index contributed by atoms with van der Waals surface area (Å²) in [5.41, 5.74) is 0.513. The van der Waals surface area contributed by atoms with E-state index >= 15 is 0 Å². The van der Waals surface area contributed by atoms with Crippen molar-refractivity contribution in [3.63, 3.8) is 0 Å². The van der Waals surface area contributed by atoms with Gasteiger partial charge in [-0.3, -0.25) is 9.59 Å². The number of rotatable bonds is 6. The number of thioether (sulfide) groups is 1. The van der Waals surface area contributed by atoms with Gasteiger partial charge in [0.2, 0.25) is 5.91 Å². The molecule has 0 aromatic heterocycles. The van der Waals surface area contributed by atoms with Crippen molar-refractivity contribution >= 4 is 34.9 Å². The fourth-order valence-corrected chi connectivity index (χ4v) is 4.26. The molecule has 0 saturated heterocycles. The molecular weight excluding hydrogens is 443 g/mol. The molecule has 30 heavy (non-hydrogen) atoms. The van der Waals surface area contributed by atoms with Crippen molar-refractivity contribution in [3.8, 4) is 17.2 Å². The van der Waals surface area contributed by atoms with Crippen molar-refractivity contribution in [3.05, 3.63) is 52.5 Å². The quantitative estimate of drug-likeness (QED) is 0.612. The fourth-order valence-electron chi connectivity index (χ4n) is 3.20. The second-order valence-electron chi connectivity index (χ2n) is 6.46. The highest BCUT2D eigenvalue weighted by Gasteiger charge is 2.34. The SMILES string of the molecule is CNC(=O)C(SC=O)C1CCOc2cc(Oc3ccc(C(F)(F)F)cc3Cl)ccc21. The first kappa shape index (κ1) is 22.3. The number of nitrogens with one attached hydrogen (secondary N) is 1. The maximum Gasteiger partial charge on any atom is 0.416 e. The van der Waals surface area contributed by atoms with E-state index in [0.717, 1.165) is 35.5 Å². The average molecular weight is 460 g/mol. The van der Waals surface area contributed by atoms with Gasteiger partial charge in [0, 0.05) is 19.0 Å². The van der Waals surface area contributed by atoms with Crippen LogP contribution in [-0.2, 0) is 15.8 Å². The molecule has 2 aromatic rings. The number of hydrogen-bond acceptors (Lipinski definition) is 5. The molecule has 1 aliphatic heterocycles. The Morgan fingerprint density at radius 3 is 2.73 bits per heavy atom. The lowest BCUT2D eigenvalue weighted by atomic mass is 9.89. The van der Waals surface area contributed by atoms with E-state index < -0.39 is 17.0 Å². The standard InChI is InChI=1S/C20H17ClF3NO4S/c1-25-19(27)18(30-10-26)14-6-7-28-17-9-12(3-4-13(14)17)29-16-5-2-11(8-15(16)21)20(22,23)24/h2-5,8-10,14,18H,6-7H2,1H3,(H,25,27). The maximum absolute atomic E-state index is 12.8. The minimum absolute atomic E-state index is 0.0664. The Hall–Kier alpha value is -2.39. The molecule has 1 aliphatic rings. The summed E-state index contributed by atoms with van der Waals surface area (Å²) in [6.07, 6.45) is -3.95. The molecular formula is C20H17ClF3NO4S. The summed E-state index contributed by atoms with van der Waals surface area (Å²) in [5.74, 6) is 0.355. The number of fused-ring (bicyclic) bond motifs is 1. The number of hydrogen-bond donors (Lipinski definition) is 1. The predicted octanol–water partition coefficient (Wildman–Crippen LogP) is 5.06. The van der Waals surface area contributed by atoms with Gasteiger partial charge in [0.15, 0.2) is 5.62 Å². The van der Waals surface area contributed by atoms with Crippen LogP contribution in [0.2, 0.25) is 5.02 Å². The first-order valence-electron chi connectivity index (χ1n) is 8.86. The summed E-state index contributed by atoms with van der Waals surface area (Å²) in [5, 5.41) is 1.78. The third-order valence-electron chi connectivity index (χ3n) is 4.63. The second kappa shape index (κ2) is 9.18. The van der Waals surface area contributed by atoms with Gasteiger partial charge >= 0.3 is 6.18 Å². The smallest absolute Gasteiger partial charge is 0.416 e. The van der Waals surface area contributed by atoms with E-state index in [0.29, 0.717) is 30.1 Å². The van der Waals surface area contributed by atoms with Crippen LogP contribution in [0.4, 0.5) is 13.2 Å². The highest BCUT2D eigenvalue weighted by Crippen LogP contribution is 2.43. The molecule has 2 unspecified atom stereocenters. The van der Waals surface area contributed by atoms with E-state index in [1.54, 1.807) is 18.2 Å². The number of carbonyl (C=O) groups is 2. The van der Waals surface area contributed by atoms with Gasteiger partial charge < -0.3 is 14.8 Å². The van der Waals surface area contributed by atoms with E-state index in [2.05, 4.69) is 5.32 Å². The summed E-state index contributed by atoms with van der Waals surface area (Å²) in [4.78, 5) is 23.2. The Morgan fingerprint density at radius 1 is 1.33 bits per heavy atom. The van der Waals surface area contributed by atoms with Crippen molar-refractivity contribution in [1.82, 2.24) is 5.32 Å². The summed E-state index contributed by atoms with van der Waals surface area (Å²) in [7, 11) is 1.51. The number of amides is 1.